The van der Waals surface area contributed by atoms with E-state index in [0.717, 1.165) is 29.7 Å². The molecule has 0 spiro atoms. The monoisotopic (exact) mass is 364 g/mol. The molecule has 1 fully saturated rings. The molecule has 0 atom stereocenters. The zero-order chi connectivity index (χ0) is 19.0. The Morgan fingerprint density at radius 1 is 1.22 bits per heavy atom. The van der Waals surface area contributed by atoms with E-state index in [0.29, 0.717) is 24.2 Å². The number of nitro benzene ring substituents is 1. The molecule has 138 valence electrons. The first-order valence-electron chi connectivity index (χ1n) is 9.02. The second-order valence-electron chi connectivity index (χ2n) is 6.96. The van der Waals surface area contributed by atoms with Gasteiger partial charge in [-0.2, -0.15) is 0 Å². The van der Waals surface area contributed by atoms with Gasteiger partial charge in [-0.3, -0.25) is 14.9 Å². The van der Waals surface area contributed by atoms with Crippen molar-refractivity contribution in [2.45, 2.75) is 25.7 Å². The Morgan fingerprint density at radius 3 is 2.67 bits per heavy atom. The number of aromatic nitrogens is 2. The topological polar surface area (TPSA) is 92.1 Å². The molecule has 1 aliphatic heterocycles. The van der Waals surface area contributed by atoms with Crippen LogP contribution in [0.4, 0.5) is 5.69 Å². The largest absolute Gasteiger partial charge is 0.342 e. The number of nitrogens with one attached hydrogen (secondary N) is 1. The number of hydrogen-bond acceptors (Lipinski definition) is 4. The Kier molecular flexibility index (Phi) is 4.35. The molecule has 0 radical (unpaired) electrons. The van der Waals surface area contributed by atoms with Gasteiger partial charge in [0.05, 0.1) is 16.0 Å². The van der Waals surface area contributed by atoms with E-state index in [-0.39, 0.29) is 17.5 Å². The van der Waals surface area contributed by atoms with Crippen molar-refractivity contribution in [2.24, 2.45) is 0 Å². The number of fused-ring (bicyclic) bond motifs is 1. The summed E-state index contributed by atoms with van der Waals surface area (Å²) in [5.41, 5.74) is 2.89. The Morgan fingerprint density at radius 2 is 1.96 bits per heavy atom. The van der Waals surface area contributed by atoms with Gasteiger partial charge in [-0.25, -0.2) is 4.98 Å². The molecule has 0 unspecified atom stereocenters. The molecular formula is C20H20N4O3. The van der Waals surface area contributed by atoms with E-state index in [9.17, 15) is 14.9 Å². The van der Waals surface area contributed by atoms with Gasteiger partial charge in [-0.1, -0.05) is 18.2 Å². The molecule has 1 aliphatic rings. The summed E-state index contributed by atoms with van der Waals surface area (Å²) >= 11 is 0. The van der Waals surface area contributed by atoms with Gasteiger partial charge in [0, 0.05) is 36.2 Å². The van der Waals surface area contributed by atoms with Crippen molar-refractivity contribution in [3.8, 4) is 0 Å². The van der Waals surface area contributed by atoms with Crippen molar-refractivity contribution in [1.82, 2.24) is 14.9 Å². The highest BCUT2D eigenvalue weighted by Gasteiger charge is 2.27. The first kappa shape index (κ1) is 17.2. The molecular weight excluding hydrogens is 344 g/mol. The number of piperidine rings is 1. The summed E-state index contributed by atoms with van der Waals surface area (Å²) in [6.45, 7) is 2.90. The molecule has 0 saturated carbocycles. The van der Waals surface area contributed by atoms with E-state index in [1.165, 1.54) is 6.07 Å². The summed E-state index contributed by atoms with van der Waals surface area (Å²) in [7, 11) is 0. The van der Waals surface area contributed by atoms with Gasteiger partial charge >= 0.3 is 0 Å². The molecule has 2 aromatic carbocycles. The highest BCUT2D eigenvalue weighted by molar-refractivity contribution is 5.95. The number of imidazole rings is 1. The Labute approximate surface area is 156 Å². The average Bonchev–Trinajstić information content (AvgIpc) is 3.12. The normalized spacial score (nSPS) is 15.2. The molecule has 1 aromatic heterocycles. The molecule has 7 heteroatoms. The second-order valence-corrected chi connectivity index (χ2v) is 6.96. The van der Waals surface area contributed by atoms with Crippen LogP contribution in [0.2, 0.25) is 0 Å². The minimum absolute atomic E-state index is 0.0157. The number of H-pyrrole nitrogens is 1. The van der Waals surface area contributed by atoms with E-state index < -0.39 is 4.92 Å². The lowest BCUT2D eigenvalue weighted by atomic mass is 9.95. The number of nitrogens with zero attached hydrogens (tertiary/aromatic N) is 3. The molecule has 1 amide bonds. The van der Waals surface area contributed by atoms with Gasteiger partial charge in [0.1, 0.15) is 5.82 Å². The van der Waals surface area contributed by atoms with E-state index >= 15 is 0 Å². The molecule has 27 heavy (non-hydrogen) atoms. The maximum atomic E-state index is 12.7. The maximum Gasteiger partial charge on any atom is 0.273 e. The SMILES string of the molecule is Cc1ccc(C(=O)N2CCC(c3nc4ccccc4[nH]3)CC2)cc1[N+](=O)[O-]. The quantitative estimate of drug-likeness (QED) is 0.565. The van der Waals surface area contributed by atoms with Crippen LogP contribution >= 0.6 is 0 Å². The molecule has 2 heterocycles. The number of carbonyl (C=O) groups excluding carboxylic acids is 1. The van der Waals surface area contributed by atoms with Crippen molar-refractivity contribution < 1.29 is 9.72 Å². The number of para-hydroxylation sites is 2. The van der Waals surface area contributed by atoms with Gasteiger partial charge in [0.2, 0.25) is 0 Å². The summed E-state index contributed by atoms with van der Waals surface area (Å²) < 4.78 is 0. The first-order valence-corrected chi connectivity index (χ1v) is 9.02. The highest BCUT2D eigenvalue weighted by atomic mass is 16.6. The lowest BCUT2D eigenvalue weighted by Crippen LogP contribution is -2.38. The van der Waals surface area contributed by atoms with Crippen LogP contribution in [0.3, 0.4) is 0 Å². The van der Waals surface area contributed by atoms with Crippen molar-refractivity contribution in [2.75, 3.05) is 13.1 Å². The number of aryl methyl sites for hydroxylation is 1. The van der Waals surface area contributed by atoms with Crippen LogP contribution in [0, 0.1) is 17.0 Å². The van der Waals surface area contributed by atoms with Crippen molar-refractivity contribution in [1.29, 1.82) is 0 Å². The minimum atomic E-state index is -0.445. The van der Waals surface area contributed by atoms with Gasteiger partial charge < -0.3 is 9.88 Å². The number of hydrogen-bond donors (Lipinski definition) is 1. The Balaban J connectivity index is 1.46. The van der Waals surface area contributed by atoms with E-state index in [1.807, 2.05) is 24.3 Å². The minimum Gasteiger partial charge on any atom is -0.342 e. The molecule has 1 N–H and O–H groups in total. The number of carbonyl (C=O) groups is 1. The number of likely N-dealkylation sites (tertiary alicyclic amines) is 1. The molecule has 0 aliphatic carbocycles. The predicted octanol–water partition coefficient (Wildman–Crippen LogP) is 3.80. The standard InChI is InChI=1S/C20H20N4O3/c1-13-6-7-15(12-18(13)24(26)27)20(25)23-10-8-14(9-11-23)19-21-16-4-2-3-5-17(16)22-19/h2-7,12,14H,8-11H2,1H3,(H,21,22). The maximum absolute atomic E-state index is 12.7. The molecule has 1 saturated heterocycles. The number of aromatic amines is 1. The van der Waals surface area contributed by atoms with Gasteiger partial charge in [-0.15, -0.1) is 0 Å². The van der Waals surface area contributed by atoms with Crippen LogP contribution < -0.4 is 0 Å². The molecule has 4 rings (SSSR count). The number of nitro groups is 1. The van der Waals surface area contributed by atoms with Crippen LogP contribution in [0.25, 0.3) is 11.0 Å². The van der Waals surface area contributed by atoms with E-state index in [4.69, 9.17) is 0 Å². The van der Waals surface area contributed by atoms with Crippen LogP contribution in [0.1, 0.15) is 40.5 Å². The van der Waals surface area contributed by atoms with E-state index in [1.54, 1.807) is 24.0 Å². The van der Waals surface area contributed by atoms with Gasteiger partial charge in [0.15, 0.2) is 0 Å². The van der Waals surface area contributed by atoms with Crippen LogP contribution in [0.5, 0.6) is 0 Å². The lowest BCUT2D eigenvalue weighted by molar-refractivity contribution is -0.385. The molecule has 3 aromatic rings. The van der Waals surface area contributed by atoms with Crippen molar-refractivity contribution in [3.63, 3.8) is 0 Å². The van der Waals surface area contributed by atoms with Crippen molar-refractivity contribution in [3.05, 3.63) is 69.5 Å². The smallest absolute Gasteiger partial charge is 0.273 e. The van der Waals surface area contributed by atoms with Gasteiger partial charge in [0.25, 0.3) is 11.6 Å². The summed E-state index contributed by atoms with van der Waals surface area (Å²) in [4.78, 5) is 33.2. The Bertz CT molecular complexity index is 986. The van der Waals surface area contributed by atoms with E-state index in [2.05, 4.69) is 9.97 Å². The fourth-order valence-corrected chi connectivity index (χ4v) is 3.64. The zero-order valence-electron chi connectivity index (χ0n) is 15.0. The van der Waals surface area contributed by atoms with Crippen LogP contribution in [-0.4, -0.2) is 38.8 Å². The highest BCUT2D eigenvalue weighted by Crippen LogP contribution is 2.29. The average molecular weight is 364 g/mol. The number of rotatable bonds is 3. The summed E-state index contributed by atoms with van der Waals surface area (Å²) in [6, 6.07) is 12.6. The summed E-state index contributed by atoms with van der Waals surface area (Å²) in [6.07, 6.45) is 1.64. The molecule has 7 nitrogen and oxygen atoms in total. The third kappa shape index (κ3) is 3.28. The van der Waals surface area contributed by atoms with Crippen molar-refractivity contribution >= 4 is 22.6 Å². The third-order valence-corrected chi connectivity index (χ3v) is 5.23. The zero-order valence-corrected chi connectivity index (χ0v) is 15.0. The second kappa shape index (κ2) is 6.83. The lowest BCUT2D eigenvalue weighted by Gasteiger charge is -2.31. The number of benzene rings is 2. The Hall–Kier alpha value is -3.22. The predicted molar refractivity (Wildman–Crippen MR) is 102 cm³/mol. The first-order chi connectivity index (χ1) is 13.0. The molecule has 0 bridgehead atoms. The third-order valence-electron chi connectivity index (χ3n) is 5.23. The van der Waals surface area contributed by atoms with Crippen LogP contribution in [0.15, 0.2) is 42.5 Å². The summed E-state index contributed by atoms with van der Waals surface area (Å²) in [5.74, 6) is 1.10. The summed E-state index contributed by atoms with van der Waals surface area (Å²) in [5, 5.41) is 11.1. The van der Waals surface area contributed by atoms with Crippen LogP contribution in [-0.2, 0) is 0 Å². The number of amides is 1. The van der Waals surface area contributed by atoms with Gasteiger partial charge in [-0.05, 0) is 38.0 Å². The fourth-order valence-electron chi connectivity index (χ4n) is 3.64. The fraction of sp³-hybridized carbons (Fsp3) is 0.300.